The summed E-state index contributed by atoms with van der Waals surface area (Å²) in [6.45, 7) is 4.39. The molecular formula is C14H12N2O3. The summed E-state index contributed by atoms with van der Waals surface area (Å²) < 4.78 is 12.2. The maximum atomic E-state index is 11.0. The number of fused-ring (bicyclic) bond motifs is 1. The van der Waals surface area contributed by atoms with Gasteiger partial charge in [-0.05, 0) is 24.3 Å². The predicted molar refractivity (Wildman–Crippen MR) is 69.4 cm³/mol. The van der Waals surface area contributed by atoms with Crippen molar-refractivity contribution < 1.29 is 14.3 Å². The summed E-state index contributed by atoms with van der Waals surface area (Å²) in [5, 5.41) is 4.38. The van der Waals surface area contributed by atoms with Crippen LogP contribution in [0.4, 0.5) is 0 Å². The molecule has 0 atom stereocenters. The Morgan fingerprint density at radius 3 is 2.95 bits per heavy atom. The van der Waals surface area contributed by atoms with Crippen LogP contribution in [0.15, 0.2) is 36.9 Å². The highest BCUT2D eigenvalue weighted by molar-refractivity contribution is 5.76. The van der Waals surface area contributed by atoms with Crippen molar-refractivity contribution in [1.82, 2.24) is 9.78 Å². The van der Waals surface area contributed by atoms with Crippen molar-refractivity contribution in [3.63, 3.8) is 0 Å². The highest BCUT2D eigenvalue weighted by atomic mass is 16.7. The summed E-state index contributed by atoms with van der Waals surface area (Å²) in [4.78, 5) is 11.0. The van der Waals surface area contributed by atoms with E-state index in [2.05, 4.69) is 11.7 Å². The molecule has 0 radical (unpaired) electrons. The normalized spacial score (nSPS) is 12.4. The average Bonchev–Trinajstić information content (AvgIpc) is 3.04. The van der Waals surface area contributed by atoms with E-state index in [1.165, 1.54) is 0 Å². The van der Waals surface area contributed by atoms with E-state index in [9.17, 15) is 4.79 Å². The van der Waals surface area contributed by atoms with E-state index >= 15 is 0 Å². The molecule has 0 fully saturated rings. The van der Waals surface area contributed by atoms with Crippen LogP contribution >= 0.6 is 0 Å². The number of hydrogen-bond donors (Lipinski definition) is 0. The molecule has 0 saturated carbocycles. The zero-order valence-corrected chi connectivity index (χ0v) is 10.2. The van der Waals surface area contributed by atoms with Gasteiger partial charge in [-0.15, -0.1) is 6.58 Å². The Morgan fingerprint density at radius 2 is 2.16 bits per heavy atom. The lowest BCUT2D eigenvalue weighted by Crippen LogP contribution is -2.01. The molecule has 0 N–H and O–H groups in total. The van der Waals surface area contributed by atoms with E-state index in [4.69, 9.17) is 9.47 Å². The smallest absolute Gasteiger partial charge is 0.231 e. The summed E-state index contributed by atoms with van der Waals surface area (Å²) in [6, 6.07) is 7.33. The summed E-state index contributed by atoms with van der Waals surface area (Å²) in [6.07, 6.45) is 2.48. The summed E-state index contributed by atoms with van der Waals surface area (Å²) in [5.74, 6) is 1.42. The molecule has 1 aliphatic heterocycles. The topological polar surface area (TPSA) is 53.4 Å². The molecule has 96 valence electrons. The van der Waals surface area contributed by atoms with E-state index in [1.54, 1.807) is 16.8 Å². The lowest BCUT2D eigenvalue weighted by molar-refractivity contribution is 0.111. The fourth-order valence-electron chi connectivity index (χ4n) is 1.99. The van der Waals surface area contributed by atoms with Crippen molar-refractivity contribution >= 4 is 6.29 Å². The minimum absolute atomic E-state index is 0.239. The Labute approximate surface area is 110 Å². The Morgan fingerprint density at radius 1 is 1.32 bits per heavy atom. The number of benzene rings is 1. The van der Waals surface area contributed by atoms with Gasteiger partial charge in [0.1, 0.15) is 5.69 Å². The maximum Gasteiger partial charge on any atom is 0.231 e. The number of ether oxygens (including phenoxy) is 2. The minimum Gasteiger partial charge on any atom is -0.454 e. The molecule has 0 aliphatic carbocycles. The van der Waals surface area contributed by atoms with Gasteiger partial charge in [0.25, 0.3) is 0 Å². The summed E-state index contributed by atoms with van der Waals surface area (Å²) in [5.41, 5.74) is 2.13. The van der Waals surface area contributed by atoms with Crippen molar-refractivity contribution in [2.75, 3.05) is 6.79 Å². The summed E-state index contributed by atoms with van der Waals surface area (Å²) in [7, 11) is 0. The quantitative estimate of drug-likeness (QED) is 0.622. The van der Waals surface area contributed by atoms with Crippen LogP contribution < -0.4 is 9.47 Å². The van der Waals surface area contributed by atoms with Gasteiger partial charge in [-0.2, -0.15) is 5.10 Å². The third-order valence-corrected chi connectivity index (χ3v) is 2.90. The second-order valence-corrected chi connectivity index (χ2v) is 4.11. The number of rotatable bonds is 4. The molecule has 1 aromatic heterocycles. The lowest BCUT2D eigenvalue weighted by Gasteiger charge is -2.00. The van der Waals surface area contributed by atoms with Gasteiger partial charge in [-0.3, -0.25) is 9.48 Å². The van der Waals surface area contributed by atoms with Crippen LogP contribution in [0.1, 0.15) is 10.5 Å². The first-order valence-electron chi connectivity index (χ1n) is 5.86. The standard InChI is InChI=1S/C14H12N2O3/c1-2-5-16-11(8-17)7-12(15-16)10-3-4-13-14(6-10)19-9-18-13/h2-4,6-8H,1,5,9H2. The van der Waals surface area contributed by atoms with Crippen molar-refractivity contribution in [3.05, 3.63) is 42.6 Å². The van der Waals surface area contributed by atoms with Crippen LogP contribution in [0, 0.1) is 0 Å². The van der Waals surface area contributed by atoms with Gasteiger partial charge in [-0.1, -0.05) is 6.08 Å². The largest absolute Gasteiger partial charge is 0.454 e. The zero-order valence-electron chi connectivity index (χ0n) is 10.2. The molecule has 19 heavy (non-hydrogen) atoms. The fraction of sp³-hybridized carbons (Fsp3) is 0.143. The molecule has 1 aromatic carbocycles. The Hall–Kier alpha value is -2.56. The van der Waals surface area contributed by atoms with Crippen LogP contribution in [-0.4, -0.2) is 22.9 Å². The summed E-state index contributed by atoms with van der Waals surface area (Å²) >= 11 is 0. The minimum atomic E-state index is 0.239. The van der Waals surface area contributed by atoms with Crippen LogP contribution in [-0.2, 0) is 6.54 Å². The first-order chi connectivity index (χ1) is 9.31. The molecule has 0 unspecified atom stereocenters. The van der Waals surface area contributed by atoms with Crippen molar-refractivity contribution in [1.29, 1.82) is 0 Å². The van der Waals surface area contributed by atoms with Crippen LogP contribution in [0.3, 0.4) is 0 Å². The lowest BCUT2D eigenvalue weighted by atomic mass is 10.1. The predicted octanol–water partition coefficient (Wildman–Crippen LogP) is 2.28. The Balaban J connectivity index is 2.02. The van der Waals surface area contributed by atoms with Crippen molar-refractivity contribution in [2.45, 2.75) is 6.54 Å². The number of carbonyl (C=O) groups is 1. The van der Waals surface area contributed by atoms with E-state index < -0.39 is 0 Å². The van der Waals surface area contributed by atoms with Gasteiger partial charge in [0.15, 0.2) is 17.8 Å². The number of carbonyl (C=O) groups excluding carboxylic acids is 1. The number of hydrogen-bond acceptors (Lipinski definition) is 4. The second kappa shape index (κ2) is 4.61. The van der Waals surface area contributed by atoms with Gasteiger partial charge >= 0.3 is 0 Å². The molecule has 0 saturated heterocycles. The molecular weight excluding hydrogens is 244 g/mol. The molecule has 1 aliphatic rings. The third kappa shape index (κ3) is 1.99. The zero-order chi connectivity index (χ0) is 13.2. The molecule has 5 heteroatoms. The van der Waals surface area contributed by atoms with Gasteiger partial charge in [-0.25, -0.2) is 0 Å². The first-order valence-corrected chi connectivity index (χ1v) is 5.86. The van der Waals surface area contributed by atoms with Gasteiger partial charge in [0.2, 0.25) is 6.79 Å². The fourth-order valence-corrected chi connectivity index (χ4v) is 1.99. The molecule has 3 rings (SSSR count). The molecule has 0 amide bonds. The third-order valence-electron chi connectivity index (χ3n) is 2.90. The second-order valence-electron chi connectivity index (χ2n) is 4.11. The number of allylic oxidation sites excluding steroid dienone is 1. The number of nitrogens with zero attached hydrogens (tertiary/aromatic N) is 2. The Bertz CT molecular complexity index is 646. The highest BCUT2D eigenvalue weighted by Crippen LogP contribution is 2.35. The molecule has 0 bridgehead atoms. The van der Waals surface area contributed by atoms with Crippen LogP contribution in [0.5, 0.6) is 11.5 Å². The van der Waals surface area contributed by atoms with Crippen molar-refractivity contribution in [3.8, 4) is 22.8 Å². The maximum absolute atomic E-state index is 11.0. The van der Waals surface area contributed by atoms with E-state index in [1.807, 2.05) is 18.2 Å². The van der Waals surface area contributed by atoms with E-state index in [0.717, 1.165) is 23.3 Å². The van der Waals surface area contributed by atoms with Gasteiger partial charge < -0.3 is 9.47 Å². The monoisotopic (exact) mass is 256 g/mol. The number of aldehydes is 1. The van der Waals surface area contributed by atoms with Gasteiger partial charge in [0, 0.05) is 5.56 Å². The molecule has 2 heterocycles. The number of aromatic nitrogens is 2. The Kier molecular flexibility index (Phi) is 2.79. The first kappa shape index (κ1) is 11.5. The molecule has 0 spiro atoms. The van der Waals surface area contributed by atoms with Crippen LogP contribution in [0.2, 0.25) is 0 Å². The molecule has 2 aromatic rings. The van der Waals surface area contributed by atoms with Crippen molar-refractivity contribution in [2.24, 2.45) is 0 Å². The van der Waals surface area contributed by atoms with E-state index in [-0.39, 0.29) is 6.79 Å². The highest BCUT2D eigenvalue weighted by Gasteiger charge is 2.15. The van der Waals surface area contributed by atoms with Crippen LogP contribution in [0.25, 0.3) is 11.3 Å². The van der Waals surface area contributed by atoms with Gasteiger partial charge in [0.05, 0.1) is 12.2 Å². The van der Waals surface area contributed by atoms with E-state index in [0.29, 0.717) is 18.0 Å². The average molecular weight is 256 g/mol. The molecule has 5 nitrogen and oxygen atoms in total. The SMILES string of the molecule is C=CCn1nc(-c2ccc3c(c2)OCO3)cc1C=O.